The molecule has 0 aromatic heterocycles. The van der Waals surface area contributed by atoms with Gasteiger partial charge in [-0.05, 0) is 13.3 Å². The van der Waals surface area contributed by atoms with Gasteiger partial charge in [0.2, 0.25) is 0 Å². The molecule has 72 valence electrons. The van der Waals surface area contributed by atoms with Crippen LogP contribution in [0.25, 0.3) is 0 Å². The van der Waals surface area contributed by atoms with Gasteiger partial charge in [-0.1, -0.05) is 13.8 Å². The lowest BCUT2D eigenvalue weighted by molar-refractivity contribution is 0.00888. The summed E-state index contributed by atoms with van der Waals surface area (Å²) in [6.45, 7) is 5.99. The predicted octanol–water partition coefficient (Wildman–Crippen LogP) is 2.21. The van der Waals surface area contributed by atoms with Gasteiger partial charge in [-0.15, -0.1) is 0 Å². The highest BCUT2D eigenvalue weighted by atomic mass is 16.5. The molecule has 0 saturated carbocycles. The minimum atomic E-state index is -0.429. The van der Waals surface area contributed by atoms with E-state index in [1.807, 2.05) is 20.8 Å². The summed E-state index contributed by atoms with van der Waals surface area (Å²) in [7, 11) is 3.30. The molecular formula is C9H19NO2. The molecule has 1 atom stereocenters. The van der Waals surface area contributed by atoms with Crippen LogP contribution in [0.3, 0.4) is 0 Å². The van der Waals surface area contributed by atoms with Gasteiger partial charge in [-0.3, -0.25) is 0 Å². The Morgan fingerprint density at radius 3 is 2.17 bits per heavy atom. The van der Waals surface area contributed by atoms with Crippen LogP contribution in [-0.4, -0.2) is 25.8 Å². The van der Waals surface area contributed by atoms with Crippen molar-refractivity contribution in [1.29, 1.82) is 0 Å². The molecule has 0 heterocycles. The molecule has 0 amide bonds. The van der Waals surface area contributed by atoms with Crippen molar-refractivity contribution in [3.05, 3.63) is 0 Å². The van der Waals surface area contributed by atoms with Crippen LogP contribution < -0.4 is 0 Å². The van der Waals surface area contributed by atoms with Crippen molar-refractivity contribution in [2.24, 2.45) is 4.99 Å². The highest BCUT2D eigenvalue weighted by molar-refractivity contribution is 5.75. The SMILES string of the molecule is CC/C(=N\C(C)(CC)OC)OC. The molecule has 0 aromatic rings. The molecule has 0 aliphatic carbocycles. The molecule has 12 heavy (non-hydrogen) atoms. The number of methoxy groups -OCH3 is 2. The van der Waals surface area contributed by atoms with Crippen molar-refractivity contribution in [3.63, 3.8) is 0 Å². The molecule has 0 N–H and O–H groups in total. The van der Waals surface area contributed by atoms with Gasteiger partial charge in [-0.25, -0.2) is 4.99 Å². The van der Waals surface area contributed by atoms with Crippen molar-refractivity contribution >= 4 is 5.90 Å². The quantitative estimate of drug-likeness (QED) is 0.482. The molecule has 0 spiro atoms. The molecule has 0 rings (SSSR count). The van der Waals surface area contributed by atoms with E-state index >= 15 is 0 Å². The summed E-state index contributed by atoms with van der Waals surface area (Å²) in [4.78, 5) is 4.35. The van der Waals surface area contributed by atoms with Crippen LogP contribution in [0.4, 0.5) is 0 Å². The average molecular weight is 173 g/mol. The molecule has 0 bridgehead atoms. The third-order valence-corrected chi connectivity index (χ3v) is 2.00. The standard InChI is InChI=1S/C9H19NO2/c1-6-8(11-4)10-9(3,7-2)12-5/h6-7H2,1-5H3/b10-8+. The van der Waals surface area contributed by atoms with E-state index in [2.05, 4.69) is 4.99 Å². The lowest BCUT2D eigenvalue weighted by atomic mass is 10.2. The normalized spacial score (nSPS) is 17.2. The number of hydrogen-bond acceptors (Lipinski definition) is 3. The van der Waals surface area contributed by atoms with Crippen LogP contribution in [0.1, 0.15) is 33.6 Å². The minimum absolute atomic E-state index is 0.429. The second kappa shape index (κ2) is 5.14. The molecule has 0 radical (unpaired) electrons. The van der Waals surface area contributed by atoms with E-state index in [-0.39, 0.29) is 0 Å². The zero-order valence-electron chi connectivity index (χ0n) is 8.68. The third kappa shape index (κ3) is 3.22. The summed E-state index contributed by atoms with van der Waals surface area (Å²) in [5.41, 5.74) is -0.429. The van der Waals surface area contributed by atoms with Crippen molar-refractivity contribution in [2.75, 3.05) is 14.2 Å². The fourth-order valence-corrected chi connectivity index (χ4v) is 0.802. The van der Waals surface area contributed by atoms with Crippen LogP contribution in [0.2, 0.25) is 0 Å². The Labute approximate surface area is 74.8 Å². The molecule has 1 unspecified atom stereocenters. The second-order valence-corrected chi connectivity index (χ2v) is 2.80. The van der Waals surface area contributed by atoms with Crippen LogP contribution in [0.5, 0.6) is 0 Å². The van der Waals surface area contributed by atoms with E-state index in [9.17, 15) is 0 Å². The first kappa shape index (κ1) is 11.4. The first-order valence-electron chi connectivity index (χ1n) is 4.29. The van der Waals surface area contributed by atoms with E-state index in [0.29, 0.717) is 0 Å². The van der Waals surface area contributed by atoms with Crippen LogP contribution in [0, 0.1) is 0 Å². The Hall–Kier alpha value is -0.570. The van der Waals surface area contributed by atoms with Gasteiger partial charge in [0, 0.05) is 13.5 Å². The Kier molecular flexibility index (Phi) is 4.90. The summed E-state index contributed by atoms with van der Waals surface area (Å²) < 4.78 is 10.3. The molecule has 0 saturated heterocycles. The molecule has 0 aromatic carbocycles. The monoisotopic (exact) mass is 173 g/mol. The van der Waals surface area contributed by atoms with Crippen LogP contribution in [-0.2, 0) is 9.47 Å². The topological polar surface area (TPSA) is 30.8 Å². The molecule has 0 aliphatic heterocycles. The van der Waals surface area contributed by atoms with Crippen molar-refractivity contribution in [1.82, 2.24) is 0 Å². The van der Waals surface area contributed by atoms with Crippen molar-refractivity contribution in [3.8, 4) is 0 Å². The van der Waals surface area contributed by atoms with E-state index in [4.69, 9.17) is 9.47 Å². The molecular weight excluding hydrogens is 154 g/mol. The van der Waals surface area contributed by atoms with Gasteiger partial charge < -0.3 is 9.47 Å². The van der Waals surface area contributed by atoms with E-state index in [1.165, 1.54) is 0 Å². The smallest absolute Gasteiger partial charge is 0.185 e. The van der Waals surface area contributed by atoms with Crippen molar-refractivity contribution < 1.29 is 9.47 Å². The number of ether oxygens (including phenoxy) is 2. The van der Waals surface area contributed by atoms with E-state index < -0.39 is 5.72 Å². The number of aliphatic imine (C=N–C) groups is 1. The predicted molar refractivity (Wildman–Crippen MR) is 50.4 cm³/mol. The first-order chi connectivity index (χ1) is 5.61. The molecule has 3 heteroatoms. The van der Waals surface area contributed by atoms with Gasteiger partial charge in [0.1, 0.15) is 0 Å². The Morgan fingerprint density at radius 2 is 1.92 bits per heavy atom. The highest BCUT2D eigenvalue weighted by Crippen LogP contribution is 2.16. The van der Waals surface area contributed by atoms with Gasteiger partial charge in [-0.2, -0.15) is 0 Å². The Balaban J connectivity index is 4.42. The lowest BCUT2D eigenvalue weighted by Crippen LogP contribution is -2.25. The number of hydrogen-bond donors (Lipinski definition) is 0. The highest BCUT2D eigenvalue weighted by Gasteiger charge is 2.20. The van der Waals surface area contributed by atoms with Crippen LogP contribution >= 0.6 is 0 Å². The summed E-state index contributed by atoms with van der Waals surface area (Å²) in [5.74, 6) is 0.737. The third-order valence-electron chi connectivity index (χ3n) is 2.00. The lowest BCUT2D eigenvalue weighted by Gasteiger charge is -2.22. The van der Waals surface area contributed by atoms with Gasteiger partial charge in [0.15, 0.2) is 11.6 Å². The largest absolute Gasteiger partial charge is 0.484 e. The van der Waals surface area contributed by atoms with Crippen molar-refractivity contribution in [2.45, 2.75) is 39.3 Å². The summed E-state index contributed by atoms with van der Waals surface area (Å²) in [6, 6.07) is 0. The minimum Gasteiger partial charge on any atom is -0.484 e. The maximum atomic E-state index is 5.25. The van der Waals surface area contributed by atoms with Crippen LogP contribution in [0.15, 0.2) is 4.99 Å². The maximum Gasteiger partial charge on any atom is 0.185 e. The number of nitrogens with zero attached hydrogens (tertiary/aromatic N) is 1. The molecule has 0 fully saturated rings. The Bertz CT molecular complexity index is 145. The zero-order valence-corrected chi connectivity index (χ0v) is 8.68. The zero-order chi connectivity index (χ0) is 9.61. The summed E-state index contributed by atoms with van der Waals surface area (Å²) in [6.07, 6.45) is 1.64. The van der Waals surface area contributed by atoms with Gasteiger partial charge in [0.25, 0.3) is 0 Å². The average Bonchev–Trinajstić information content (AvgIpc) is 2.14. The summed E-state index contributed by atoms with van der Waals surface area (Å²) >= 11 is 0. The van der Waals surface area contributed by atoms with Gasteiger partial charge in [0.05, 0.1) is 7.11 Å². The number of rotatable bonds is 4. The Morgan fingerprint density at radius 1 is 1.33 bits per heavy atom. The van der Waals surface area contributed by atoms with E-state index in [0.717, 1.165) is 18.7 Å². The van der Waals surface area contributed by atoms with E-state index in [1.54, 1.807) is 14.2 Å². The molecule has 0 aliphatic rings. The fraction of sp³-hybridized carbons (Fsp3) is 0.889. The second-order valence-electron chi connectivity index (χ2n) is 2.80. The maximum absolute atomic E-state index is 5.25. The van der Waals surface area contributed by atoms with Gasteiger partial charge >= 0.3 is 0 Å². The fourth-order valence-electron chi connectivity index (χ4n) is 0.802. The summed E-state index contributed by atoms with van der Waals surface area (Å²) in [5, 5.41) is 0. The first-order valence-corrected chi connectivity index (χ1v) is 4.29. The molecule has 3 nitrogen and oxygen atoms in total.